The number of nitrogens with zero attached hydrogens (tertiary/aromatic N) is 1. The summed E-state index contributed by atoms with van der Waals surface area (Å²) in [5.41, 5.74) is 1.69. The molecule has 0 aliphatic carbocycles. The quantitative estimate of drug-likeness (QED) is 0.810. The van der Waals surface area contributed by atoms with Crippen molar-refractivity contribution < 1.29 is 14.3 Å². The van der Waals surface area contributed by atoms with Crippen LogP contribution in [0.4, 0.5) is 4.79 Å². The average molecular weight is 279 g/mol. The van der Waals surface area contributed by atoms with E-state index in [1.807, 2.05) is 60.7 Å². The molecule has 0 N–H and O–H groups in total. The van der Waals surface area contributed by atoms with E-state index >= 15 is 0 Å². The summed E-state index contributed by atoms with van der Waals surface area (Å²) in [5, 5.41) is 0. The molecule has 1 aliphatic rings. The number of benzene rings is 2. The van der Waals surface area contributed by atoms with Crippen molar-refractivity contribution in [3.05, 3.63) is 77.5 Å². The van der Waals surface area contributed by atoms with Crippen molar-refractivity contribution in [2.75, 3.05) is 0 Å². The number of carbonyl (C=O) groups is 2. The number of hydrogen-bond donors (Lipinski definition) is 0. The lowest BCUT2D eigenvalue weighted by Gasteiger charge is -2.09. The summed E-state index contributed by atoms with van der Waals surface area (Å²) in [6.07, 6.45) is 0.941. The number of imide groups is 1. The Balaban J connectivity index is 1.81. The second-order valence-corrected chi connectivity index (χ2v) is 4.66. The van der Waals surface area contributed by atoms with Gasteiger partial charge >= 0.3 is 6.09 Å². The molecule has 21 heavy (non-hydrogen) atoms. The highest BCUT2D eigenvalue weighted by Gasteiger charge is 2.36. The fourth-order valence-corrected chi connectivity index (χ4v) is 2.10. The first-order valence-electron chi connectivity index (χ1n) is 6.58. The molecular weight excluding hydrogens is 266 g/mol. The zero-order valence-electron chi connectivity index (χ0n) is 11.2. The van der Waals surface area contributed by atoms with Crippen molar-refractivity contribution in [2.24, 2.45) is 0 Å². The van der Waals surface area contributed by atoms with E-state index in [1.54, 1.807) is 6.08 Å². The van der Waals surface area contributed by atoms with E-state index in [9.17, 15) is 9.59 Å². The maximum Gasteiger partial charge on any atom is 0.422 e. The van der Waals surface area contributed by atoms with Crippen LogP contribution in [-0.4, -0.2) is 16.9 Å². The van der Waals surface area contributed by atoms with Gasteiger partial charge in [0.1, 0.15) is 0 Å². The van der Waals surface area contributed by atoms with Crippen LogP contribution < -0.4 is 0 Å². The molecule has 1 saturated heterocycles. The summed E-state index contributed by atoms with van der Waals surface area (Å²) < 4.78 is 5.06. The number of cyclic esters (lactones) is 1. The first-order valence-corrected chi connectivity index (χ1v) is 6.58. The lowest BCUT2D eigenvalue weighted by Crippen LogP contribution is -2.28. The molecule has 104 valence electrons. The van der Waals surface area contributed by atoms with Crippen LogP contribution in [0.1, 0.15) is 11.1 Å². The molecule has 2 amide bonds. The predicted molar refractivity (Wildman–Crippen MR) is 77.9 cm³/mol. The maximum absolute atomic E-state index is 12.2. The molecule has 0 radical (unpaired) electrons. The van der Waals surface area contributed by atoms with Crippen molar-refractivity contribution >= 4 is 18.1 Å². The van der Waals surface area contributed by atoms with Crippen LogP contribution in [0.3, 0.4) is 0 Å². The van der Waals surface area contributed by atoms with Gasteiger partial charge in [0.25, 0.3) is 5.91 Å². The van der Waals surface area contributed by atoms with Gasteiger partial charge in [-0.1, -0.05) is 60.7 Å². The van der Waals surface area contributed by atoms with Gasteiger partial charge in [-0.25, -0.2) is 9.69 Å². The molecule has 0 atom stereocenters. The first kappa shape index (κ1) is 13.1. The van der Waals surface area contributed by atoms with Gasteiger partial charge in [0.05, 0.1) is 6.54 Å². The topological polar surface area (TPSA) is 46.6 Å². The highest BCUT2D eigenvalue weighted by atomic mass is 16.6. The van der Waals surface area contributed by atoms with E-state index < -0.39 is 12.0 Å². The van der Waals surface area contributed by atoms with Crippen LogP contribution in [0.25, 0.3) is 6.08 Å². The minimum absolute atomic E-state index is 0.0575. The highest BCUT2D eigenvalue weighted by molar-refractivity contribution is 6.09. The molecule has 1 aliphatic heterocycles. The Morgan fingerprint density at radius 3 is 2.19 bits per heavy atom. The molecule has 0 bridgehead atoms. The first-order chi connectivity index (χ1) is 10.2. The van der Waals surface area contributed by atoms with Crippen LogP contribution in [0, 0.1) is 0 Å². The molecule has 0 unspecified atom stereocenters. The summed E-state index contributed by atoms with van der Waals surface area (Å²) in [5.74, 6) is -0.352. The summed E-state index contributed by atoms with van der Waals surface area (Å²) >= 11 is 0. The van der Waals surface area contributed by atoms with Gasteiger partial charge in [0, 0.05) is 0 Å². The number of ether oxygens (including phenoxy) is 1. The largest absolute Gasteiger partial charge is 0.422 e. The minimum Gasteiger partial charge on any atom is -0.404 e. The van der Waals surface area contributed by atoms with Crippen molar-refractivity contribution in [1.29, 1.82) is 0 Å². The minimum atomic E-state index is -0.633. The summed E-state index contributed by atoms with van der Waals surface area (Å²) in [6.45, 7) is 0.213. The third-order valence-corrected chi connectivity index (χ3v) is 3.15. The standard InChI is InChI=1S/C17H13NO3/c19-16-15(11-13-7-3-1-4-8-13)21-17(20)18(16)12-14-9-5-2-6-10-14/h1-11H,12H2/b15-11+. The third kappa shape index (κ3) is 2.84. The van der Waals surface area contributed by atoms with Crippen LogP contribution in [-0.2, 0) is 16.1 Å². The van der Waals surface area contributed by atoms with Crippen molar-refractivity contribution in [3.63, 3.8) is 0 Å². The number of rotatable bonds is 3. The van der Waals surface area contributed by atoms with Gasteiger partial charge in [-0.05, 0) is 17.2 Å². The number of amides is 2. The molecule has 4 nitrogen and oxygen atoms in total. The Bertz CT molecular complexity index is 692. The van der Waals surface area contributed by atoms with E-state index in [-0.39, 0.29) is 12.3 Å². The second kappa shape index (κ2) is 5.63. The van der Waals surface area contributed by atoms with Gasteiger partial charge in [-0.15, -0.1) is 0 Å². The maximum atomic E-state index is 12.2. The van der Waals surface area contributed by atoms with Crippen LogP contribution in [0.5, 0.6) is 0 Å². The summed E-state index contributed by atoms with van der Waals surface area (Å²) in [4.78, 5) is 25.2. The summed E-state index contributed by atoms with van der Waals surface area (Å²) in [7, 11) is 0. The Kier molecular flexibility index (Phi) is 3.51. The molecule has 2 aromatic rings. The molecular formula is C17H13NO3. The molecule has 1 fully saturated rings. The molecule has 0 aromatic heterocycles. The molecule has 0 saturated carbocycles. The third-order valence-electron chi connectivity index (χ3n) is 3.15. The van der Waals surface area contributed by atoms with E-state index in [4.69, 9.17) is 4.74 Å². The van der Waals surface area contributed by atoms with Gasteiger partial charge in [-0.3, -0.25) is 4.79 Å². The lowest BCUT2D eigenvalue weighted by molar-refractivity contribution is -0.123. The average Bonchev–Trinajstić information content (AvgIpc) is 2.77. The smallest absolute Gasteiger partial charge is 0.404 e. The normalized spacial score (nSPS) is 16.4. The Hall–Kier alpha value is -2.88. The Labute approximate surface area is 122 Å². The van der Waals surface area contributed by atoms with Gasteiger partial charge in [-0.2, -0.15) is 0 Å². The zero-order chi connectivity index (χ0) is 14.7. The molecule has 3 rings (SSSR count). The molecule has 1 heterocycles. The SMILES string of the molecule is O=C1O/C(=C/c2ccccc2)C(=O)N1Cc1ccccc1. The van der Waals surface area contributed by atoms with Gasteiger partial charge in [0.15, 0.2) is 5.76 Å². The Morgan fingerprint density at radius 1 is 0.905 bits per heavy atom. The van der Waals surface area contributed by atoms with Crippen LogP contribution >= 0.6 is 0 Å². The fourth-order valence-electron chi connectivity index (χ4n) is 2.10. The zero-order valence-corrected chi connectivity index (χ0v) is 11.2. The molecule has 2 aromatic carbocycles. The number of carbonyl (C=O) groups excluding carboxylic acids is 2. The van der Waals surface area contributed by atoms with E-state index in [1.165, 1.54) is 0 Å². The van der Waals surface area contributed by atoms with Crippen molar-refractivity contribution in [1.82, 2.24) is 4.90 Å². The second-order valence-electron chi connectivity index (χ2n) is 4.66. The monoisotopic (exact) mass is 279 g/mol. The van der Waals surface area contributed by atoms with Gasteiger partial charge in [0.2, 0.25) is 0 Å². The van der Waals surface area contributed by atoms with Crippen molar-refractivity contribution in [2.45, 2.75) is 6.54 Å². The van der Waals surface area contributed by atoms with E-state index in [0.717, 1.165) is 16.0 Å². The fraction of sp³-hybridized carbons (Fsp3) is 0.0588. The molecule has 0 spiro atoms. The van der Waals surface area contributed by atoms with Crippen molar-refractivity contribution in [3.8, 4) is 0 Å². The van der Waals surface area contributed by atoms with Gasteiger partial charge < -0.3 is 4.74 Å². The van der Waals surface area contributed by atoms with Crippen LogP contribution in [0.2, 0.25) is 0 Å². The Morgan fingerprint density at radius 2 is 1.52 bits per heavy atom. The highest BCUT2D eigenvalue weighted by Crippen LogP contribution is 2.21. The van der Waals surface area contributed by atoms with Crippen LogP contribution in [0.15, 0.2) is 66.4 Å². The van der Waals surface area contributed by atoms with E-state index in [2.05, 4.69) is 0 Å². The molecule has 4 heteroatoms. The summed E-state index contributed by atoms with van der Waals surface area (Å²) in [6, 6.07) is 18.6. The predicted octanol–water partition coefficient (Wildman–Crippen LogP) is 3.21. The lowest BCUT2D eigenvalue weighted by atomic mass is 10.2. The van der Waals surface area contributed by atoms with E-state index in [0.29, 0.717) is 0 Å². The number of hydrogen-bond acceptors (Lipinski definition) is 3.